The summed E-state index contributed by atoms with van der Waals surface area (Å²) in [6.07, 6.45) is 5.83. The zero-order chi connectivity index (χ0) is 14.2. The highest BCUT2D eigenvalue weighted by Gasteiger charge is 2.44. The molecule has 1 aliphatic heterocycles. The van der Waals surface area contributed by atoms with Crippen LogP contribution in [-0.2, 0) is 0 Å². The Labute approximate surface area is 117 Å². The van der Waals surface area contributed by atoms with Crippen LogP contribution < -0.4 is 0 Å². The third-order valence-electron chi connectivity index (χ3n) is 4.70. The zero-order valence-corrected chi connectivity index (χ0v) is 11.4. The van der Waals surface area contributed by atoms with Gasteiger partial charge >= 0.3 is 0 Å². The van der Waals surface area contributed by atoms with Crippen LogP contribution in [0.2, 0.25) is 0 Å². The number of carbonyl (C=O) groups is 1. The zero-order valence-electron chi connectivity index (χ0n) is 11.4. The molecule has 2 atom stereocenters. The van der Waals surface area contributed by atoms with E-state index in [0.29, 0.717) is 19.5 Å². The molecule has 0 radical (unpaired) electrons. The Hall–Kier alpha value is -1.49. The molecule has 0 spiro atoms. The summed E-state index contributed by atoms with van der Waals surface area (Å²) in [5.74, 6) is -0.918. The first-order valence-corrected chi connectivity index (χ1v) is 7.22. The van der Waals surface area contributed by atoms with Crippen molar-refractivity contribution in [2.24, 2.45) is 5.92 Å². The van der Waals surface area contributed by atoms with Gasteiger partial charge in [0, 0.05) is 25.2 Å². The number of aromatic nitrogens is 1. The predicted molar refractivity (Wildman–Crippen MR) is 71.6 cm³/mol. The Kier molecular flexibility index (Phi) is 3.46. The molecule has 5 heteroatoms. The van der Waals surface area contributed by atoms with E-state index >= 15 is 0 Å². The second kappa shape index (κ2) is 5.13. The number of hydrogen-bond acceptors (Lipinski definition) is 3. The second-order valence-corrected chi connectivity index (χ2v) is 5.89. The summed E-state index contributed by atoms with van der Waals surface area (Å²) in [6, 6.07) is 3.03. The molecule has 1 amide bonds. The van der Waals surface area contributed by atoms with E-state index in [-0.39, 0.29) is 17.4 Å². The van der Waals surface area contributed by atoms with Crippen LogP contribution in [0, 0.1) is 11.9 Å². The highest BCUT2D eigenvalue weighted by atomic mass is 19.1. The number of nitrogens with zero attached hydrogens (tertiary/aromatic N) is 2. The van der Waals surface area contributed by atoms with Crippen LogP contribution in [0.4, 0.5) is 4.39 Å². The summed E-state index contributed by atoms with van der Waals surface area (Å²) in [6.45, 7) is 1.00. The van der Waals surface area contributed by atoms with Crippen molar-refractivity contribution in [2.75, 3.05) is 13.1 Å². The van der Waals surface area contributed by atoms with Gasteiger partial charge in [0.25, 0.3) is 5.91 Å². The minimum absolute atomic E-state index is 0.0220. The molecule has 1 aromatic heterocycles. The molecular weight excluding hydrogens is 259 g/mol. The van der Waals surface area contributed by atoms with Gasteiger partial charge in [0.2, 0.25) is 5.95 Å². The lowest BCUT2D eigenvalue weighted by Gasteiger charge is -2.47. The summed E-state index contributed by atoms with van der Waals surface area (Å²) >= 11 is 0. The van der Waals surface area contributed by atoms with Gasteiger partial charge < -0.3 is 10.0 Å². The monoisotopic (exact) mass is 278 g/mol. The van der Waals surface area contributed by atoms with E-state index in [4.69, 9.17) is 0 Å². The maximum Gasteiger partial charge on any atom is 0.258 e. The smallest absolute Gasteiger partial charge is 0.258 e. The molecule has 3 rings (SSSR count). The molecule has 108 valence electrons. The van der Waals surface area contributed by atoms with Crippen LogP contribution in [0.15, 0.2) is 18.3 Å². The molecular formula is C15H19FN2O2. The van der Waals surface area contributed by atoms with Gasteiger partial charge in [0.15, 0.2) is 0 Å². The molecule has 2 heterocycles. The number of halogens is 1. The largest absolute Gasteiger partial charge is 0.389 e. The molecule has 2 fully saturated rings. The van der Waals surface area contributed by atoms with E-state index in [9.17, 15) is 14.3 Å². The van der Waals surface area contributed by atoms with Crippen LogP contribution >= 0.6 is 0 Å². The molecule has 4 nitrogen and oxygen atoms in total. The first-order chi connectivity index (χ1) is 9.60. The minimum atomic E-state index is -0.720. The Morgan fingerprint density at radius 3 is 3.10 bits per heavy atom. The summed E-state index contributed by atoms with van der Waals surface area (Å²) < 4.78 is 13.6. The number of carbonyl (C=O) groups excluding carboxylic acids is 1. The van der Waals surface area contributed by atoms with Gasteiger partial charge in [-0.05, 0) is 31.4 Å². The van der Waals surface area contributed by atoms with Crippen molar-refractivity contribution in [3.8, 4) is 0 Å². The molecule has 1 saturated heterocycles. The maximum absolute atomic E-state index is 13.6. The van der Waals surface area contributed by atoms with E-state index in [1.54, 1.807) is 11.0 Å². The molecule has 1 N–H and O–H groups in total. The second-order valence-electron chi connectivity index (χ2n) is 5.89. The summed E-state index contributed by atoms with van der Waals surface area (Å²) in [5.41, 5.74) is -0.601. The van der Waals surface area contributed by atoms with Crippen LogP contribution in [0.3, 0.4) is 0 Å². The van der Waals surface area contributed by atoms with Gasteiger partial charge in [-0.2, -0.15) is 4.39 Å². The van der Waals surface area contributed by atoms with Crippen LogP contribution in [0.1, 0.15) is 42.5 Å². The summed E-state index contributed by atoms with van der Waals surface area (Å²) in [4.78, 5) is 17.5. The standard InChI is InChI=1S/C15H19FN2O2/c16-13-12(5-3-8-17-13)14(19)18-9-7-15(20)6-2-1-4-11(15)10-18/h3,5,8,11,20H,1-2,4,6-7,9-10H2. The molecule has 1 aromatic rings. The third-order valence-corrected chi connectivity index (χ3v) is 4.70. The lowest BCUT2D eigenvalue weighted by atomic mass is 9.71. The first kappa shape index (κ1) is 13.5. The van der Waals surface area contributed by atoms with Gasteiger partial charge in [0.05, 0.1) is 11.2 Å². The van der Waals surface area contributed by atoms with Crippen LogP contribution in [-0.4, -0.2) is 39.6 Å². The van der Waals surface area contributed by atoms with Gasteiger partial charge in [-0.25, -0.2) is 4.98 Å². The molecule has 0 aromatic carbocycles. The van der Waals surface area contributed by atoms with Crippen molar-refractivity contribution in [2.45, 2.75) is 37.7 Å². The van der Waals surface area contributed by atoms with Gasteiger partial charge in [-0.1, -0.05) is 12.8 Å². The van der Waals surface area contributed by atoms with E-state index < -0.39 is 11.5 Å². The number of hydrogen-bond donors (Lipinski definition) is 1. The fourth-order valence-corrected chi connectivity index (χ4v) is 3.47. The average Bonchev–Trinajstić information content (AvgIpc) is 2.46. The maximum atomic E-state index is 13.6. The number of amides is 1. The lowest BCUT2D eigenvalue weighted by Crippen LogP contribution is -2.54. The molecule has 1 saturated carbocycles. The lowest BCUT2D eigenvalue weighted by molar-refractivity contribution is -0.0886. The Balaban J connectivity index is 1.76. The molecule has 20 heavy (non-hydrogen) atoms. The summed E-state index contributed by atoms with van der Waals surface area (Å²) in [5, 5.41) is 10.6. The Morgan fingerprint density at radius 2 is 2.30 bits per heavy atom. The van der Waals surface area contributed by atoms with Crippen LogP contribution in [0.25, 0.3) is 0 Å². The van der Waals surface area contributed by atoms with Crippen LogP contribution in [0.5, 0.6) is 0 Å². The predicted octanol–water partition coefficient (Wildman–Crippen LogP) is 1.99. The highest BCUT2D eigenvalue weighted by Crippen LogP contribution is 2.40. The van der Waals surface area contributed by atoms with Crippen molar-refractivity contribution >= 4 is 5.91 Å². The van der Waals surface area contributed by atoms with E-state index in [2.05, 4.69) is 4.98 Å². The first-order valence-electron chi connectivity index (χ1n) is 7.22. The topological polar surface area (TPSA) is 53.4 Å². The normalized spacial score (nSPS) is 29.9. The number of rotatable bonds is 1. The van der Waals surface area contributed by atoms with Crippen molar-refractivity contribution in [3.63, 3.8) is 0 Å². The summed E-state index contributed by atoms with van der Waals surface area (Å²) in [7, 11) is 0. The van der Waals surface area contributed by atoms with E-state index in [1.165, 1.54) is 12.3 Å². The quantitative estimate of drug-likeness (QED) is 0.799. The number of likely N-dealkylation sites (tertiary alicyclic amines) is 1. The van der Waals surface area contributed by atoms with E-state index in [0.717, 1.165) is 25.7 Å². The Bertz CT molecular complexity index is 522. The van der Waals surface area contributed by atoms with Gasteiger partial charge in [-0.3, -0.25) is 4.79 Å². The minimum Gasteiger partial charge on any atom is -0.389 e. The molecule has 1 aliphatic carbocycles. The van der Waals surface area contributed by atoms with Gasteiger partial charge in [0.1, 0.15) is 0 Å². The Morgan fingerprint density at radius 1 is 1.45 bits per heavy atom. The van der Waals surface area contributed by atoms with Crippen molar-refractivity contribution < 1.29 is 14.3 Å². The fraction of sp³-hybridized carbons (Fsp3) is 0.600. The average molecular weight is 278 g/mol. The van der Waals surface area contributed by atoms with Crippen molar-refractivity contribution in [3.05, 3.63) is 29.8 Å². The number of pyridine rings is 1. The van der Waals surface area contributed by atoms with Crippen molar-refractivity contribution in [1.29, 1.82) is 0 Å². The molecule has 2 aliphatic rings. The van der Waals surface area contributed by atoms with Gasteiger partial charge in [-0.15, -0.1) is 0 Å². The van der Waals surface area contributed by atoms with E-state index in [1.807, 2.05) is 0 Å². The molecule has 2 unspecified atom stereocenters. The van der Waals surface area contributed by atoms with Crippen molar-refractivity contribution in [1.82, 2.24) is 9.88 Å². The fourth-order valence-electron chi connectivity index (χ4n) is 3.47. The number of piperidine rings is 1. The number of aliphatic hydroxyl groups is 1. The SMILES string of the molecule is O=C(c1cccnc1F)N1CCC2(O)CCCCC2C1. The highest BCUT2D eigenvalue weighted by molar-refractivity contribution is 5.94. The number of fused-ring (bicyclic) bond motifs is 1. The third kappa shape index (κ3) is 2.30. The molecule has 0 bridgehead atoms.